The first-order chi connectivity index (χ1) is 17.5. The van der Waals surface area contributed by atoms with Gasteiger partial charge in [-0.2, -0.15) is 8.42 Å². The van der Waals surface area contributed by atoms with E-state index in [9.17, 15) is 8.42 Å². The molecule has 0 radical (unpaired) electrons. The van der Waals surface area contributed by atoms with Gasteiger partial charge in [-0.15, -0.1) is 11.3 Å². The number of ether oxygens (including phenoxy) is 2. The molecule has 0 unspecified atom stereocenters. The maximum atomic E-state index is 12.0. The van der Waals surface area contributed by atoms with E-state index in [0.717, 1.165) is 27.2 Å². The molecule has 186 valence electrons. The second kappa shape index (κ2) is 12.5. The van der Waals surface area contributed by atoms with Crippen molar-refractivity contribution in [1.82, 2.24) is 4.98 Å². The van der Waals surface area contributed by atoms with Crippen LogP contribution in [0.25, 0.3) is 16.6 Å². The summed E-state index contributed by atoms with van der Waals surface area (Å²) < 4.78 is 40.8. The summed E-state index contributed by atoms with van der Waals surface area (Å²) in [5.41, 5.74) is 3.67. The standard InChI is InChI=1S/C28H27NO5S2/c1-2-34-36(30,31)18-16-23-13-14-26(33-20-22-9-5-3-6-10-22)19-27(23)32-17-15-25-21-35-28(29-25)24-11-7-4-8-12-24/h3-14,16,18-19,21H,2,15,17,20H2,1H3/b18-16+. The Morgan fingerprint density at radius 2 is 1.69 bits per heavy atom. The minimum absolute atomic E-state index is 0.0703. The Bertz CT molecular complexity index is 1380. The SMILES string of the molecule is CCOS(=O)(=O)/C=C/c1ccc(OCc2ccccc2)cc1OCCc1csc(-c2ccccc2)n1. The van der Waals surface area contributed by atoms with Crippen molar-refractivity contribution in [3.63, 3.8) is 0 Å². The molecule has 0 fully saturated rings. The van der Waals surface area contributed by atoms with Gasteiger partial charge in [0.15, 0.2) is 0 Å². The van der Waals surface area contributed by atoms with Crippen LogP contribution in [-0.2, 0) is 27.3 Å². The van der Waals surface area contributed by atoms with E-state index in [1.54, 1.807) is 36.5 Å². The molecule has 0 spiro atoms. The predicted molar refractivity (Wildman–Crippen MR) is 144 cm³/mol. The number of aromatic nitrogens is 1. The van der Waals surface area contributed by atoms with Gasteiger partial charge in [0.1, 0.15) is 23.1 Å². The van der Waals surface area contributed by atoms with Crippen LogP contribution < -0.4 is 9.47 Å². The zero-order chi connectivity index (χ0) is 25.2. The molecular weight excluding hydrogens is 494 g/mol. The van der Waals surface area contributed by atoms with Crippen molar-refractivity contribution in [3.05, 3.63) is 106 Å². The molecule has 1 heterocycles. The first-order valence-corrected chi connectivity index (χ1v) is 13.9. The van der Waals surface area contributed by atoms with E-state index in [2.05, 4.69) is 0 Å². The minimum atomic E-state index is -3.77. The monoisotopic (exact) mass is 521 g/mol. The molecule has 1 aromatic heterocycles. The zero-order valence-electron chi connectivity index (χ0n) is 19.9. The quantitative estimate of drug-likeness (QED) is 0.202. The highest BCUT2D eigenvalue weighted by Crippen LogP contribution is 2.28. The maximum Gasteiger partial charge on any atom is 0.290 e. The zero-order valence-corrected chi connectivity index (χ0v) is 21.5. The molecule has 3 aromatic carbocycles. The Kier molecular flexibility index (Phi) is 8.89. The van der Waals surface area contributed by atoms with Crippen LogP contribution in [0.15, 0.2) is 89.7 Å². The van der Waals surface area contributed by atoms with E-state index in [1.807, 2.05) is 66.0 Å². The van der Waals surface area contributed by atoms with Gasteiger partial charge in [0, 0.05) is 29.0 Å². The van der Waals surface area contributed by atoms with Gasteiger partial charge in [-0.25, -0.2) is 4.98 Å². The van der Waals surface area contributed by atoms with Crippen molar-refractivity contribution in [2.45, 2.75) is 20.0 Å². The fraction of sp³-hybridized carbons (Fsp3) is 0.179. The highest BCUT2D eigenvalue weighted by atomic mass is 32.2. The van der Waals surface area contributed by atoms with E-state index >= 15 is 0 Å². The Morgan fingerprint density at radius 1 is 0.944 bits per heavy atom. The Balaban J connectivity index is 1.46. The van der Waals surface area contributed by atoms with Crippen LogP contribution in [0.3, 0.4) is 0 Å². The molecule has 0 aliphatic carbocycles. The third kappa shape index (κ3) is 7.52. The molecule has 6 nitrogen and oxygen atoms in total. The minimum Gasteiger partial charge on any atom is -0.492 e. The average molecular weight is 522 g/mol. The van der Waals surface area contributed by atoms with Gasteiger partial charge in [0.2, 0.25) is 0 Å². The lowest BCUT2D eigenvalue weighted by atomic mass is 10.2. The molecule has 0 saturated heterocycles. The number of thiazole rings is 1. The van der Waals surface area contributed by atoms with E-state index < -0.39 is 10.1 Å². The molecule has 0 saturated carbocycles. The van der Waals surface area contributed by atoms with Crippen LogP contribution in [0.5, 0.6) is 11.5 Å². The molecule has 0 amide bonds. The summed E-state index contributed by atoms with van der Waals surface area (Å²) in [6.45, 7) is 2.48. The Hall–Kier alpha value is -3.46. The number of nitrogens with zero attached hydrogens (tertiary/aromatic N) is 1. The van der Waals surface area contributed by atoms with Crippen LogP contribution in [0.2, 0.25) is 0 Å². The average Bonchev–Trinajstić information content (AvgIpc) is 3.37. The van der Waals surface area contributed by atoms with Crippen LogP contribution in [0, 0.1) is 0 Å². The van der Waals surface area contributed by atoms with Crippen LogP contribution in [0.1, 0.15) is 23.7 Å². The number of hydrogen-bond donors (Lipinski definition) is 0. The number of rotatable bonds is 12. The third-order valence-electron chi connectivity index (χ3n) is 5.12. The van der Waals surface area contributed by atoms with E-state index in [4.69, 9.17) is 18.6 Å². The Morgan fingerprint density at radius 3 is 2.44 bits per heavy atom. The first kappa shape index (κ1) is 25.6. The summed E-state index contributed by atoms with van der Waals surface area (Å²) in [6.07, 6.45) is 2.08. The fourth-order valence-electron chi connectivity index (χ4n) is 3.37. The molecule has 0 bridgehead atoms. The van der Waals surface area contributed by atoms with Crippen molar-refractivity contribution in [3.8, 4) is 22.1 Å². The molecule has 4 aromatic rings. The third-order valence-corrected chi connectivity index (χ3v) is 7.09. The van der Waals surface area contributed by atoms with Crippen molar-refractivity contribution in [1.29, 1.82) is 0 Å². The van der Waals surface area contributed by atoms with Crippen LogP contribution in [0.4, 0.5) is 0 Å². The van der Waals surface area contributed by atoms with E-state index in [-0.39, 0.29) is 6.61 Å². The lowest BCUT2D eigenvalue weighted by Crippen LogP contribution is -2.04. The van der Waals surface area contributed by atoms with Crippen LogP contribution >= 0.6 is 11.3 Å². The van der Waals surface area contributed by atoms with Gasteiger partial charge >= 0.3 is 0 Å². The summed E-state index contributed by atoms with van der Waals surface area (Å²) in [6, 6.07) is 25.2. The normalized spacial score (nSPS) is 11.6. The second-order valence-electron chi connectivity index (χ2n) is 7.78. The molecule has 0 aliphatic rings. The summed E-state index contributed by atoms with van der Waals surface area (Å²) in [5.74, 6) is 1.14. The molecule has 8 heteroatoms. The predicted octanol–water partition coefficient (Wildman–Crippen LogP) is 6.35. The van der Waals surface area contributed by atoms with E-state index in [0.29, 0.717) is 36.7 Å². The summed E-state index contributed by atoms with van der Waals surface area (Å²) in [4.78, 5) is 4.71. The highest BCUT2D eigenvalue weighted by Gasteiger charge is 2.10. The lowest BCUT2D eigenvalue weighted by molar-refractivity contribution is 0.295. The van der Waals surface area contributed by atoms with E-state index in [1.165, 1.54) is 6.08 Å². The molecular formula is C28H27NO5S2. The van der Waals surface area contributed by atoms with Gasteiger partial charge in [-0.3, -0.25) is 4.18 Å². The Labute approximate surface area is 216 Å². The van der Waals surface area contributed by atoms with Crippen molar-refractivity contribution >= 4 is 27.5 Å². The molecule has 0 atom stereocenters. The molecule has 0 N–H and O–H groups in total. The van der Waals surface area contributed by atoms with Gasteiger partial charge in [0.25, 0.3) is 10.1 Å². The van der Waals surface area contributed by atoms with Gasteiger partial charge in [-0.05, 0) is 30.7 Å². The van der Waals surface area contributed by atoms with Crippen molar-refractivity contribution in [2.75, 3.05) is 13.2 Å². The summed E-state index contributed by atoms with van der Waals surface area (Å²) in [7, 11) is -3.77. The van der Waals surface area contributed by atoms with Gasteiger partial charge in [0.05, 0.1) is 24.3 Å². The first-order valence-electron chi connectivity index (χ1n) is 11.5. The van der Waals surface area contributed by atoms with Crippen molar-refractivity contribution in [2.24, 2.45) is 0 Å². The maximum absolute atomic E-state index is 12.0. The summed E-state index contributed by atoms with van der Waals surface area (Å²) >= 11 is 1.60. The van der Waals surface area contributed by atoms with Crippen LogP contribution in [-0.4, -0.2) is 26.6 Å². The lowest BCUT2D eigenvalue weighted by Gasteiger charge is -2.12. The van der Waals surface area contributed by atoms with Gasteiger partial charge < -0.3 is 9.47 Å². The highest BCUT2D eigenvalue weighted by molar-refractivity contribution is 7.89. The smallest absolute Gasteiger partial charge is 0.290 e. The topological polar surface area (TPSA) is 74.7 Å². The summed E-state index contributed by atoms with van der Waals surface area (Å²) in [5, 5.41) is 4.03. The van der Waals surface area contributed by atoms with Gasteiger partial charge in [-0.1, -0.05) is 60.7 Å². The largest absolute Gasteiger partial charge is 0.492 e. The fourth-order valence-corrected chi connectivity index (χ4v) is 4.95. The molecule has 36 heavy (non-hydrogen) atoms. The molecule has 4 rings (SSSR count). The number of benzene rings is 3. The second-order valence-corrected chi connectivity index (χ2v) is 10.1. The number of hydrogen-bond acceptors (Lipinski definition) is 7. The molecule has 0 aliphatic heterocycles. The van der Waals surface area contributed by atoms with Crippen molar-refractivity contribution < 1.29 is 22.1 Å².